The van der Waals surface area contributed by atoms with Gasteiger partial charge >= 0.3 is 5.97 Å². The molecule has 2 rings (SSSR count). The zero-order valence-electron chi connectivity index (χ0n) is 7.60. The number of methoxy groups -OCH3 is 1. The van der Waals surface area contributed by atoms with Gasteiger partial charge in [0.05, 0.1) is 7.11 Å². The number of hydrogen-bond donors (Lipinski definition) is 1. The first-order chi connectivity index (χ1) is 6.74. The molecule has 0 unspecified atom stereocenters. The Morgan fingerprint density at radius 2 is 2.29 bits per heavy atom. The van der Waals surface area contributed by atoms with Crippen LogP contribution in [-0.2, 0) is 0 Å². The fourth-order valence-electron chi connectivity index (χ4n) is 1.46. The zero-order chi connectivity index (χ0) is 10.1. The Balaban J connectivity index is 2.81. The third kappa shape index (κ3) is 1.12. The number of carbonyl (C=O) groups is 1. The minimum absolute atomic E-state index is 0.156. The summed E-state index contributed by atoms with van der Waals surface area (Å²) in [4.78, 5) is 11.0. The number of carboxylic acid groups (broad SMARTS) is 1. The standard InChI is InChI=1S/C10H9NO3/c1-14-8-6-7-4-2-3-5-11(7)9(8)10(12)13/h2-6H,1H3,(H,12,13). The number of carboxylic acids is 1. The Kier molecular flexibility index (Phi) is 1.89. The minimum atomic E-state index is -0.993. The van der Waals surface area contributed by atoms with E-state index in [0.717, 1.165) is 5.52 Å². The van der Waals surface area contributed by atoms with Gasteiger partial charge in [-0.3, -0.25) is 0 Å². The zero-order valence-corrected chi connectivity index (χ0v) is 7.60. The number of pyridine rings is 1. The van der Waals surface area contributed by atoms with Crippen LogP contribution in [0.4, 0.5) is 0 Å². The SMILES string of the molecule is COc1cc2ccccn2c1C(=O)O. The molecule has 72 valence electrons. The first-order valence-corrected chi connectivity index (χ1v) is 4.11. The second-order valence-electron chi connectivity index (χ2n) is 2.86. The van der Waals surface area contributed by atoms with E-state index in [1.54, 1.807) is 22.7 Å². The van der Waals surface area contributed by atoms with Crippen LogP contribution in [-0.4, -0.2) is 22.6 Å². The van der Waals surface area contributed by atoms with E-state index in [1.165, 1.54) is 7.11 Å². The summed E-state index contributed by atoms with van der Waals surface area (Å²) in [5, 5.41) is 8.98. The molecule has 0 saturated heterocycles. The summed E-state index contributed by atoms with van der Waals surface area (Å²) >= 11 is 0. The highest BCUT2D eigenvalue weighted by atomic mass is 16.5. The molecule has 0 fully saturated rings. The highest BCUT2D eigenvalue weighted by Gasteiger charge is 2.16. The number of hydrogen-bond acceptors (Lipinski definition) is 2. The maximum Gasteiger partial charge on any atom is 0.356 e. The summed E-state index contributed by atoms with van der Waals surface area (Å²) in [5.74, 6) is -0.614. The third-order valence-corrected chi connectivity index (χ3v) is 2.07. The molecule has 1 N–H and O–H groups in total. The van der Waals surface area contributed by atoms with Gasteiger partial charge in [-0.05, 0) is 12.1 Å². The molecule has 0 bridgehead atoms. The maximum absolute atomic E-state index is 11.0. The average Bonchev–Trinajstić information content (AvgIpc) is 2.55. The highest BCUT2D eigenvalue weighted by molar-refractivity contribution is 5.91. The number of nitrogens with zero attached hydrogens (tertiary/aromatic N) is 1. The molecular weight excluding hydrogens is 182 g/mol. The van der Waals surface area contributed by atoms with E-state index in [4.69, 9.17) is 9.84 Å². The summed E-state index contributed by atoms with van der Waals surface area (Å²) in [6.07, 6.45) is 1.70. The summed E-state index contributed by atoms with van der Waals surface area (Å²) in [5.41, 5.74) is 0.963. The van der Waals surface area contributed by atoms with Crippen LogP contribution in [0.2, 0.25) is 0 Å². The van der Waals surface area contributed by atoms with Crippen molar-refractivity contribution in [2.24, 2.45) is 0 Å². The Morgan fingerprint density at radius 3 is 2.93 bits per heavy atom. The summed E-state index contributed by atoms with van der Waals surface area (Å²) in [7, 11) is 1.46. The van der Waals surface area contributed by atoms with E-state index in [2.05, 4.69) is 0 Å². The molecule has 2 heterocycles. The molecule has 0 saturated carbocycles. The topological polar surface area (TPSA) is 50.9 Å². The lowest BCUT2D eigenvalue weighted by Crippen LogP contribution is -2.03. The predicted octanol–water partition coefficient (Wildman–Crippen LogP) is 1.65. The number of fused-ring (bicyclic) bond motifs is 1. The lowest BCUT2D eigenvalue weighted by Gasteiger charge is -1.99. The smallest absolute Gasteiger partial charge is 0.356 e. The quantitative estimate of drug-likeness (QED) is 0.785. The van der Waals surface area contributed by atoms with Crippen molar-refractivity contribution in [2.45, 2.75) is 0 Å². The molecule has 0 aliphatic rings. The van der Waals surface area contributed by atoms with Crippen LogP contribution in [0.15, 0.2) is 30.5 Å². The van der Waals surface area contributed by atoms with Crippen molar-refractivity contribution in [1.29, 1.82) is 0 Å². The van der Waals surface area contributed by atoms with Crippen molar-refractivity contribution in [1.82, 2.24) is 4.40 Å². The molecule has 14 heavy (non-hydrogen) atoms. The molecule has 0 radical (unpaired) electrons. The van der Waals surface area contributed by atoms with Crippen LogP contribution in [0, 0.1) is 0 Å². The van der Waals surface area contributed by atoms with Gasteiger partial charge in [0, 0.05) is 17.8 Å². The van der Waals surface area contributed by atoms with Gasteiger partial charge in [0.1, 0.15) is 0 Å². The average molecular weight is 191 g/mol. The van der Waals surface area contributed by atoms with E-state index in [1.807, 2.05) is 12.1 Å². The molecule has 4 heteroatoms. The van der Waals surface area contributed by atoms with Gasteiger partial charge in [0.2, 0.25) is 0 Å². The Morgan fingerprint density at radius 1 is 1.50 bits per heavy atom. The van der Waals surface area contributed by atoms with Crippen LogP contribution < -0.4 is 4.74 Å². The fourth-order valence-corrected chi connectivity index (χ4v) is 1.46. The largest absolute Gasteiger partial charge is 0.494 e. The van der Waals surface area contributed by atoms with Crippen molar-refractivity contribution < 1.29 is 14.6 Å². The second-order valence-corrected chi connectivity index (χ2v) is 2.86. The van der Waals surface area contributed by atoms with E-state index in [0.29, 0.717) is 5.75 Å². The molecule has 0 amide bonds. The lowest BCUT2D eigenvalue weighted by atomic mass is 10.4. The molecule has 0 atom stereocenters. The molecule has 0 aliphatic heterocycles. The van der Waals surface area contributed by atoms with Gasteiger partial charge < -0.3 is 14.2 Å². The van der Waals surface area contributed by atoms with E-state index >= 15 is 0 Å². The van der Waals surface area contributed by atoms with Gasteiger partial charge in [-0.25, -0.2) is 4.79 Å². The number of ether oxygens (including phenoxy) is 1. The van der Waals surface area contributed by atoms with Gasteiger partial charge in [0.25, 0.3) is 0 Å². The van der Waals surface area contributed by atoms with E-state index in [-0.39, 0.29) is 5.69 Å². The summed E-state index contributed by atoms with van der Waals surface area (Å²) < 4.78 is 6.57. The van der Waals surface area contributed by atoms with E-state index < -0.39 is 5.97 Å². The second kappa shape index (κ2) is 3.06. The lowest BCUT2D eigenvalue weighted by molar-refractivity contribution is 0.0686. The Hall–Kier alpha value is -1.97. The van der Waals surface area contributed by atoms with E-state index in [9.17, 15) is 4.79 Å². The highest BCUT2D eigenvalue weighted by Crippen LogP contribution is 2.23. The van der Waals surface area contributed by atoms with Crippen molar-refractivity contribution in [2.75, 3.05) is 7.11 Å². The fraction of sp³-hybridized carbons (Fsp3) is 0.100. The molecule has 2 aromatic heterocycles. The van der Waals surface area contributed by atoms with Crippen molar-refractivity contribution >= 4 is 11.5 Å². The van der Waals surface area contributed by atoms with Crippen LogP contribution in [0.5, 0.6) is 5.75 Å². The number of rotatable bonds is 2. The summed E-state index contributed by atoms with van der Waals surface area (Å²) in [6.45, 7) is 0. The maximum atomic E-state index is 11.0. The van der Waals surface area contributed by atoms with Gasteiger partial charge in [0.15, 0.2) is 11.4 Å². The summed E-state index contributed by atoms with van der Waals surface area (Å²) in [6, 6.07) is 7.15. The number of aromatic nitrogens is 1. The predicted molar refractivity (Wildman–Crippen MR) is 50.9 cm³/mol. The normalized spacial score (nSPS) is 10.4. The number of aromatic carboxylic acids is 1. The van der Waals surface area contributed by atoms with Crippen LogP contribution in [0.1, 0.15) is 10.5 Å². The van der Waals surface area contributed by atoms with Crippen LogP contribution in [0.3, 0.4) is 0 Å². The Labute approximate surface area is 80.3 Å². The molecule has 0 aliphatic carbocycles. The molecule has 0 spiro atoms. The Bertz CT molecular complexity index is 487. The van der Waals surface area contributed by atoms with Crippen molar-refractivity contribution in [3.05, 3.63) is 36.2 Å². The first kappa shape index (κ1) is 8.62. The molecule has 2 aromatic rings. The van der Waals surface area contributed by atoms with Crippen LogP contribution in [0.25, 0.3) is 5.52 Å². The van der Waals surface area contributed by atoms with Crippen LogP contribution >= 0.6 is 0 Å². The third-order valence-electron chi connectivity index (χ3n) is 2.07. The molecule has 0 aromatic carbocycles. The van der Waals surface area contributed by atoms with Crippen molar-refractivity contribution in [3.8, 4) is 5.75 Å². The molecular formula is C10H9NO3. The monoisotopic (exact) mass is 191 g/mol. The first-order valence-electron chi connectivity index (χ1n) is 4.11. The van der Waals surface area contributed by atoms with Gasteiger partial charge in [-0.2, -0.15) is 0 Å². The molecule has 4 nitrogen and oxygen atoms in total. The van der Waals surface area contributed by atoms with Gasteiger partial charge in [-0.1, -0.05) is 6.07 Å². The van der Waals surface area contributed by atoms with Gasteiger partial charge in [-0.15, -0.1) is 0 Å². The minimum Gasteiger partial charge on any atom is -0.494 e. The van der Waals surface area contributed by atoms with Crippen molar-refractivity contribution in [3.63, 3.8) is 0 Å².